The van der Waals surface area contributed by atoms with E-state index in [1.165, 1.54) is 6.20 Å². The molecule has 40 heavy (non-hydrogen) atoms. The molecule has 1 aromatic carbocycles. The van der Waals surface area contributed by atoms with Crippen LogP contribution in [-0.2, 0) is 16.1 Å². The van der Waals surface area contributed by atoms with E-state index < -0.39 is 5.60 Å². The van der Waals surface area contributed by atoms with Crippen LogP contribution in [0.3, 0.4) is 0 Å². The predicted molar refractivity (Wildman–Crippen MR) is 148 cm³/mol. The van der Waals surface area contributed by atoms with E-state index in [-0.39, 0.29) is 36.5 Å². The Morgan fingerprint density at radius 3 is 2.62 bits per heavy atom. The number of nitrogens with zero attached hydrogens (tertiary/aromatic N) is 5. The van der Waals surface area contributed by atoms with Crippen LogP contribution >= 0.6 is 0 Å². The van der Waals surface area contributed by atoms with Crippen LogP contribution < -0.4 is 10.1 Å². The Kier molecular flexibility index (Phi) is 7.50. The summed E-state index contributed by atoms with van der Waals surface area (Å²) in [5, 5.41) is 7.15. The summed E-state index contributed by atoms with van der Waals surface area (Å²) in [6.07, 6.45) is 6.19. The van der Waals surface area contributed by atoms with Crippen molar-refractivity contribution in [1.82, 2.24) is 24.4 Å². The molecule has 0 atom stereocenters. The molecule has 2 amide bonds. The van der Waals surface area contributed by atoms with Crippen LogP contribution in [0.15, 0.2) is 36.8 Å². The molecule has 1 fully saturated rings. The SMILES string of the molecule is CC(C)Oc1cc2c(cc1NC(=O)c1cnn3cccnc13)CN(C1CCN(CC(=O)OC(C)(C)C)CC1)C2=O. The second-order valence-electron chi connectivity index (χ2n) is 11.6. The average Bonchev–Trinajstić information content (AvgIpc) is 3.44. The molecule has 0 unspecified atom stereocenters. The van der Waals surface area contributed by atoms with Crippen molar-refractivity contribution in [3.8, 4) is 5.75 Å². The summed E-state index contributed by atoms with van der Waals surface area (Å²) in [6.45, 7) is 11.5. The predicted octanol–water partition coefficient (Wildman–Crippen LogP) is 3.53. The highest BCUT2D eigenvalue weighted by Crippen LogP contribution is 2.36. The first-order valence-corrected chi connectivity index (χ1v) is 13.7. The molecule has 0 saturated carbocycles. The summed E-state index contributed by atoms with van der Waals surface area (Å²) in [4.78, 5) is 47.2. The Morgan fingerprint density at radius 2 is 1.93 bits per heavy atom. The third-order valence-electron chi connectivity index (χ3n) is 6.94. The van der Waals surface area contributed by atoms with E-state index >= 15 is 0 Å². The molecule has 0 radical (unpaired) electrons. The number of piperidine rings is 1. The van der Waals surface area contributed by atoms with E-state index in [1.807, 2.05) is 45.6 Å². The highest BCUT2D eigenvalue weighted by atomic mass is 16.6. The Labute approximate surface area is 233 Å². The molecular formula is C29H36N6O5. The topological polar surface area (TPSA) is 118 Å². The maximum atomic E-state index is 13.5. The third kappa shape index (κ3) is 5.94. The monoisotopic (exact) mass is 548 g/mol. The van der Waals surface area contributed by atoms with Gasteiger partial charge in [-0.1, -0.05) is 0 Å². The maximum Gasteiger partial charge on any atom is 0.320 e. The second kappa shape index (κ2) is 10.9. The molecule has 5 rings (SSSR count). The summed E-state index contributed by atoms with van der Waals surface area (Å²) in [5.74, 6) is -0.198. The summed E-state index contributed by atoms with van der Waals surface area (Å²) < 4.78 is 13.0. The molecular weight excluding hydrogens is 512 g/mol. The van der Waals surface area contributed by atoms with E-state index in [4.69, 9.17) is 9.47 Å². The lowest BCUT2D eigenvalue weighted by Gasteiger charge is -2.36. The van der Waals surface area contributed by atoms with E-state index in [2.05, 4.69) is 20.3 Å². The number of amides is 2. The number of esters is 1. The zero-order chi connectivity index (χ0) is 28.6. The van der Waals surface area contributed by atoms with Gasteiger partial charge in [0.05, 0.1) is 24.5 Å². The number of rotatable bonds is 7. The zero-order valence-electron chi connectivity index (χ0n) is 23.6. The number of ether oxygens (including phenoxy) is 2. The van der Waals surface area contributed by atoms with Gasteiger partial charge in [0.25, 0.3) is 11.8 Å². The molecule has 2 aromatic heterocycles. The molecule has 212 valence electrons. The zero-order valence-corrected chi connectivity index (χ0v) is 23.6. The number of hydrogen-bond donors (Lipinski definition) is 1. The fourth-order valence-electron chi connectivity index (χ4n) is 5.23. The van der Waals surface area contributed by atoms with Gasteiger partial charge in [0.2, 0.25) is 0 Å². The van der Waals surface area contributed by atoms with E-state index in [0.717, 1.165) is 18.4 Å². The Bertz CT molecular complexity index is 1430. The summed E-state index contributed by atoms with van der Waals surface area (Å²) >= 11 is 0. The number of carbonyl (C=O) groups excluding carboxylic acids is 3. The number of anilines is 1. The fraction of sp³-hybridized carbons (Fsp3) is 0.483. The molecule has 4 heterocycles. The normalized spacial score (nSPS) is 16.4. The van der Waals surface area contributed by atoms with Crippen molar-refractivity contribution < 1.29 is 23.9 Å². The second-order valence-corrected chi connectivity index (χ2v) is 11.6. The maximum absolute atomic E-state index is 13.5. The molecule has 11 nitrogen and oxygen atoms in total. The van der Waals surface area contributed by atoms with Crippen LogP contribution in [0.5, 0.6) is 5.75 Å². The first kappa shape index (κ1) is 27.6. The van der Waals surface area contributed by atoms with Crippen molar-refractivity contribution in [2.24, 2.45) is 0 Å². The largest absolute Gasteiger partial charge is 0.489 e. The number of fused-ring (bicyclic) bond motifs is 2. The molecule has 2 aliphatic rings. The molecule has 2 aliphatic heterocycles. The van der Waals surface area contributed by atoms with Gasteiger partial charge < -0.3 is 19.7 Å². The number of aromatic nitrogens is 3. The average molecular weight is 549 g/mol. The Morgan fingerprint density at radius 1 is 1.18 bits per heavy atom. The smallest absolute Gasteiger partial charge is 0.320 e. The minimum atomic E-state index is -0.511. The van der Waals surface area contributed by atoms with Crippen molar-refractivity contribution in [3.63, 3.8) is 0 Å². The van der Waals surface area contributed by atoms with Crippen LogP contribution in [0.4, 0.5) is 5.69 Å². The van der Waals surface area contributed by atoms with Gasteiger partial charge in [-0.25, -0.2) is 9.50 Å². The Hall–Kier alpha value is -3.99. The van der Waals surface area contributed by atoms with Gasteiger partial charge in [0.15, 0.2) is 5.65 Å². The highest BCUT2D eigenvalue weighted by Gasteiger charge is 2.36. The van der Waals surface area contributed by atoms with Crippen LogP contribution in [0.1, 0.15) is 73.7 Å². The van der Waals surface area contributed by atoms with Gasteiger partial charge in [0.1, 0.15) is 16.9 Å². The van der Waals surface area contributed by atoms with Crippen LogP contribution in [0.25, 0.3) is 5.65 Å². The van der Waals surface area contributed by atoms with Gasteiger partial charge in [-0.2, -0.15) is 5.10 Å². The molecule has 3 aromatic rings. The van der Waals surface area contributed by atoms with Gasteiger partial charge in [-0.15, -0.1) is 0 Å². The lowest BCUT2D eigenvalue weighted by atomic mass is 10.0. The van der Waals surface area contributed by atoms with Crippen LogP contribution in [-0.4, -0.2) is 79.6 Å². The lowest BCUT2D eigenvalue weighted by molar-refractivity contribution is -0.156. The number of likely N-dealkylation sites (tertiary alicyclic amines) is 1. The van der Waals surface area contributed by atoms with Gasteiger partial charge in [-0.3, -0.25) is 19.3 Å². The number of carbonyl (C=O) groups is 3. The van der Waals surface area contributed by atoms with Crippen LogP contribution in [0.2, 0.25) is 0 Å². The summed E-state index contributed by atoms with van der Waals surface area (Å²) in [5.41, 5.74) is 2.20. The third-order valence-corrected chi connectivity index (χ3v) is 6.94. The van der Waals surface area contributed by atoms with E-state index in [0.29, 0.717) is 47.8 Å². The van der Waals surface area contributed by atoms with Crippen molar-refractivity contribution in [3.05, 3.63) is 53.5 Å². The minimum absolute atomic E-state index is 0.0427. The van der Waals surface area contributed by atoms with Crippen LogP contribution in [0, 0.1) is 0 Å². The Balaban J connectivity index is 1.29. The highest BCUT2D eigenvalue weighted by molar-refractivity contribution is 6.09. The lowest BCUT2D eigenvalue weighted by Crippen LogP contribution is -2.46. The van der Waals surface area contributed by atoms with Gasteiger partial charge in [-0.05, 0) is 71.2 Å². The molecule has 0 spiro atoms. The number of hydrogen-bond acceptors (Lipinski definition) is 8. The fourth-order valence-corrected chi connectivity index (χ4v) is 5.23. The first-order valence-electron chi connectivity index (χ1n) is 13.7. The van der Waals surface area contributed by atoms with E-state index in [9.17, 15) is 14.4 Å². The minimum Gasteiger partial charge on any atom is -0.489 e. The van der Waals surface area contributed by atoms with E-state index in [1.54, 1.807) is 29.0 Å². The van der Waals surface area contributed by atoms with Crippen molar-refractivity contribution in [1.29, 1.82) is 0 Å². The molecule has 0 bridgehead atoms. The van der Waals surface area contributed by atoms with Gasteiger partial charge in [0, 0.05) is 43.6 Å². The molecule has 1 saturated heterocycles. The molecule has 11 heteroatoms. The molecule has 1 N–H and O–H groups in total. The summed E-state index contributed by atoms with van der Waals surface area (Å²) in [6, 6.07) is 5.37. The van der Waals surface area contributed by atoms with Crippen molar-refractivity contribution in [2.75, 3.05) is 25.0 Å². The number of benzene rings is 1. The quantitative estimate of drug-likeness (QED) is 0.446. The van der Waals surface area contributed by atoms with Gasteiger partial charge >= 0.3 is 5.97 Å². The number of nitrogens with one attached hydrogen (secondary N) is 1. The van der Waals surface area contributed by atoms with Crippen molar-refractivity contribution in [2.45, 2.75) is 71.8 Å². The molecule has 0 aliphatic carbocycles. The first-order chi connectivity index (χ1) is 19.0. The van der Waals surface area contributed by atoms with Crippen molar-refractivity contribution >= 4 is 29.1 Å². The standard InChI is InChI=1S/C29H36N6O5/c1-18(2)39-24-14-21-19(13-23(24)32-27(37)22-15-31-35-10-6-9-30-26(22)35)16-34(28(21)38)20-7-11-33(12-8-20)17-25(36)40-29(3,4)5/h6,9-10,13-15,18,20H,7-8,11-12,16-17H2,1-5H3,(H,32,37). The summed E-state index contributed by atoms with van der Waals surface area (Å²) in [7, 11) is 0.